The van der Waals surface area contributed by atoms with E-state index in [1.165, 1.54) is 24.0 Å². The first-order valence-electron chi connectivity index (χ1n) is 7.40. The van der Waals surface area contributed by atoms with Crippen molar-refractivity contribution in [3.63, 3.8) is 0 Å². The van der Waals surface area contributed by atoms with E-state index in [1.54, 1.807) is 0 Å². The summed E-state index contributed by atoms with van der Waals surface area (Å²) in [5, 5.41) is 3.42. The third-order valence-electron chi connectivity index (χ3n) is 4.05. The molecule has 1 aliphatic rings. The number of hydrogen-bond donors (Lipinski definition) is 1. The highest BCUT2D eigenvalue weighted by molar-refractivity contribution is 5.29. The zero-order chi connectivity index (χ0) is 13.9. The Morgan fingerprint density at radius 2 is 1.95 bits per heavy atom. The summed E-state index contributed by atoms with van der Waals surface area (Å²) in [4.78, 5) is 0. The highest BCUT2D eigenvalue weighted by Crippen LogP contribution is 2.27. The lowest BCUT2D eigenvalue weighted by Gasteiger charge is -2.23. The fourth-order valence-electron chi connectivity index (χ4n) is 2.73. The fourth-order valence-corrected chi connectivity index (χ4v) is 2.73. The van der Waals surface area contributed by atoms with E-state index in [1.807, 2.05) is 7.05 Å². The lowest BCUT2D eigenvalue weighted by molar-refractivity contribution is 0.0954. The molecule has 0 aliphatic carbocycles. The molecule has 2 atom stereocenters. The van der Waals surface area contributed by atoms with Gasteiger partial charge in [-0.2, -0.15) is 0 Å². The molecule has 2 nitrogen and oxygen atoms in total. The van der Waals surface area contributed by atoms with Gasteiger partial charge in [-0.15, -0.1) is 0 Å². The Hall–Kier alpha value is -0.860. The van der Waals surface area contributed by atoms with Crippen LogP contribution in [-0.2, 0) is 10.2 Å². The highest BCUT2D eigenvalue weighted by Gasteiger charge is 2.21. The molecule has 1 heterocycles. The first-order chi connectivity index (χ1) is 9.00. The minimum absolute atomic E-state index is 0.224. The van der Waals surface area contributed by atoms with Crippen LogP contribution >= 0.6 is 0 Å². The molecule has 1 aromatic carbocycles. The summed E-state index contributed by atoms with van der Waals surface area (Å²) in [6, 6.07) is 9.44. The van der Waals surface area contributed by atoms with E-state index in [2.05, 4.69) is 50.4 Å². The van der Waals surface area contributed by atoms with Gasteiger partial charge in [0, 0.05) is 12.6 Å². The van der Waals surface area contributed by atoms with E-state index < -0.39 is 0 Å². The normalized spacial score (nSPS) is 21.6. The monoisotopic (exact) mass is 261 g/mol. The summed E-state index contributed by atoms with van der Waals surface area (Å²) in [6.45, 7) is 7.70. The van der Waals surface area contributed by atoms with Gasteiger partial charge in [0.15, 0.2) is 0 Å². The molecule has 0 radical (unpaired) electrons. The molecule has 0 aromatic heterocycles. The maximum atomic E-state index is 5.74. The molecule has 106 valence electrons. The molecule has 2 heteroatoms. The first kappa shape index (κ1) is 14.5. The summed E-state index contributed by atoms with van der Waals surface area (Å²) < 4.78 is 5.74. The fraction of sp³-hybridized carbons (Fsp3) is 0.647. The van der Waals surface area contributed by atoms with E-state index in [0.29, 0.717) is 12.1 Å². The molecule has 1 aromatic rings. The molecule has 0 amide bonds. The van der Waals surface area contributed by atoms with Crippen LogP contribution in [0.5, 0.6) is 0 Å². The Bertz CT molecular complexity index is 385. The van der Waals surface area contributed by atoms with Gasteiger partial charge in [-0.3, -0.25) is 0 Å². The van der Waals surface area contributed by atoms with Gasteiger partial charge in [-0.05, 0) is 42.9 Å². The molecular formula is C17H27NO. The molecule has 0 saturated carbocycles. The second kappa shape index (κ2) is 6.06. The molecule has 2 unspecified atom stereocenters. The highest BCUT2D eigenvalue weighted by atomic mass is 16.5. The third-order valence-corrected chi connectivity index (χ3v) is 4.05. The topological polar surface area (TPSA) is 21.3 Å². The third kappa shape index (κ3) is 3.80. The Morgan fingerprint density at radius 3 is 2.42 bits per heavy atom. The van der Waals surface area contributed by atoms with E-state index in [4.69, 9.17) is 4.74 Å². The summed E-state index contributed by atoms with van der Waals surface area (Å²) in [6.07, 6.45) is 3.92. The van der Waals surface area contributed by atoms with Gasteiger partial charge in [-0.1, -0.05) is 45.0 Å². The number of hydrogen-bond acceptors (Lipinski definition) is 2. The van der Waals surface area contributed by atoms with Crippen LogP contribution in [0.4, 0.5) is 0 Å². The minimum Gasteiger partial charge on any atom is -0.378 e. The number of rotatable bonds is 4. The van der Waals surface area contributed by atoms with Crippen LogP contribution in [0.3, 0.4) is 0 Å². The van der Waals surface area contributed by atoms with Gasteiger partial charge in [0.25, 0.3) is 0 Å². The second-order valence-corrected chi connectivity index (χ2v) is 6.58. The molecular weight excluding hydrogens is 234 g/mol. The molecule has 1 N–H and O–H groups in total. The largest absolute Gasteiger partial charge is 0.378 e. The minimum atomic E-state index is 0.224. The van der Waals surface area contributed by atoms with Crippen LogP contribution in [0.2, 0.25) is 0 Å². The average Bonchev–Trinajstić information content (AvgIpc) is 2.88. The van der Waals surface area contributed by atoms with Gasteiger partial charge in [-0.25, -0.2) is 0 Å². The Morgan fingerprint density at radius 1 is 1.26 bits per heavy atom. The van der Waals surface area contributed by atoms with Crippen LogP contribution in [0.15, 0.2) is 24.3 Å². The van der Waals surface area contributed by atoms with Crippen molar-refractivity contribution < 1.29 is 4.74 Å². The van der Waals surface area contributed by atoms with Crippen LogP contribution in [0.25, 0.3) is 0 Å². The number of nitrogens with one attached hydrogen (secondary N) is 1. The van der Waals surface area contributed by atoms with E-state index in [9.17, 15) is 0 Å². The average molecular weight is 261 g/mol. The van der Waals surface area contributed by atoms with Crippen molar-refractivity contribution in [1.82, 2.24) is 5.32 Å². The standard InChI is InChI=1S/C17H27NO/c1-17(2,3)14-9-7-13(8-10-14)16(18-4)12-15-6-5-11-19-15/h7-10,15-16,18H,5-6,11-12H2,1-4H3. The van der Waals surface area contributed by atoms with Crippen LogP contribution in [0.1, 0.15) is 57.2 Å². The zero-order valence-corrected chi connectivity index (χ0v) is 12.7. The van der Waals surface area contributed by atoms with Gasteiger partial charge < -0.3 is 10.1 Å². The number of ether oxygens (including phenoxy) is 1. The van der Waals surface area contributed by atoms with E-state index in [0.717, 1.165) is 13.0 Å². The molecule has 0 spiro atoms. The molecule has 2 rings (SSSR count). The SMILES string of the molecule is CNC(CC1CCCO1)c1ccc(C(C)(C)C)cc1. The molecule has 0 bridgehead atoms. The Kier molecular flexibility index (Phi) is 4.64. The summed E-state index contributed by atoms with van der Waals surface area (Å²) in [5.41, 5.74) is 2.98. The van der Waals surface area contributed by atoms with Crippen molar-refractivity contribution in [3.05, 3.63) is 35.4 Å². The van der Waals surface area contributed by atoms with Crippen molar-refractivity contribution in [2.45, 2.75) is 57.6 Å². The lowest BCUT2D eigenvalue weighted by atomic mass is 9.86. The summed E-state index contributed by atoms with van der Waals surface area (Å²) >= 11 is 0. The predicted molar refractivity (Wildman–Crippen MR) is 80.5 cm³/mol. The van der Waals surface area contributed by atoms with Crippen molar-refractivity contribution >= 4 is 0 Å². The smallest absolute Gasteiger partial charge is 0.0594 e. The van der Waals surface area contributed by atoms with Gasteiger partial charge >= 0.3 is 0 Å². The lowest BCUT2D eigenvalue weighted by Crippen LogP contribution is -2.22. The van der Waals surface area contributed by atoms with Crippen LogP contribution < -0.4 is 5.32 Å². The van der Waals surface area contributed by atoms with Gasteiger partial charge in [0.1, 0.15) is 0 Å². The second-order valence-electron chi connectivity index (χ2n) is 6.58. The maximum absolute atomic E-state index is 5.74. The number of benzene rings is 1. The Balaban J connectivity index is 2.05. The van der Waals surface area contributed by atoms with E-state index in [-0.39, 0.29) is 5.41 Å². The predicted octanol–water partition coefficient (Wildman–Crippen LogP) is 3.81. The van der Waals surface area contributed by atoms with Gasteiger partial charge in [0.05, 0.1) is 6.10 Å². The quantitative estimate of drug-likeness (QED) is 0.890. The van der Waals surface area contributed by atoms with Crippen molar-refractivity contribution in [2.24, 2.45) is 0 Å². The van der Waals surface area contributed by atoms with Crippen LogP contribution in [0, 0.1) is 0 Å². The summed E-state index contributed by atoms with van der Waals surface area (Å²) in [5.74, 6) is 0. The van der Waals surface area contributed by atoms with Crippen molar-refractivity contribution in [2.75, 3.05) is 13.7 Å². The van der Waals surface area contributed by atoms with E-state index >= 15 is 0 Å². The van der Waals surface area contributed by atoms with Crippen LogP contribution in [-0.4, -0.2) is 19.8 Å². The first-order valence-corrected chi connectivity index (χ1v) is 7.40. The Labute approximate surface area is 117 Å². The maximum Gasteiger partial charge on any atom is 0.0594 e. The molecule has 1 saturated heterocycles. The molecule has 1 aliphatic heterocycles. The van der Waals surface area contributed by atoms with Crippen molar-refractivity contribution in [3.8, 4) is 0 Å². The summed E-state index contributed by atoms with van der Waals surface area (Å²) in [7, 11) is 2.04. The van der Waals surface area contributed by atoms with Crippen molar-refractivity contribution in [1.29, 1.82) is 0 Å². The van der Waals surface area contributed by atoms with Gasteiger partial charge in [0.2, 0.25) is 0 Å². The zero-order valence-electron chi connectivity index (χ0n) is 12.7. The molecule has 1 fully saturated rings. The molecule has 19 heavy (non-hydrogen) atoms.